The predicted octanol–water partition coefficient (Wildman–Crippen LogP) is 3.21. The van der Waals surface area contributed by atoms with Crippen LogP contribution in [0.4, 0.5) is 5.69 Å². The van der Waals surface area contributed by atoms with Crippen molar-refractivity contribution in [2.75, 3.05) is 5.32 Å². The zero-order chi connectivity index (χ0) is 14.8. The molecule has 2 fully saturated rings. The second kappa shape index (κ2) is 6.06. The van der Waals surface area contributed by atoms with Gasteiger partial charge in [0.1, 0.15) is 6.04 Å². The fraction of sp³-hybridized carbons (Fsp3) is 0.500. The van der Waals surface area contributed by atoms with E-state index in [-0.39, 0.29) is 24.3 Å². The highest BCUT2D eigenvalue weighted by molar-refractivity contribution is 6.33. The molecule has 21 heavy (non-hydrogen) atoms. The van der Waals surface area contributed by atoms with Crippen LogP contribution in [0.2, 0.25) is 5.02 Å². The summed E-state index contributed by atoms with van der Waals surface area (Å²) in [6.45, 7) is 0. The molecule has 1 aromatic carbocycles. The summed E-state index contributed by atoms with van der Waals surface area (Å²) >= 11 is 6.10. The molecule has 5 heteroatoms. The van der Waals surface area contributed by atoms with Gasteiger partial charge >= 0.3 is 0 Å². The van der Waals surface area contributed by atoms with Gasteiger partial charge in [0.15, 0.2) is 0 Å². The summed E-state index contributed by atoms with van der Waals surface area (Å²) in [5.41, 5.74) is 0.704. The molecule has 1 unspecified atom stereocenters. The Hall–Kier alpha value is -1.55. The summed E-state index contributed by atoms with van der Waals surface area (Å²) < 4.78 is 0. The molecule has 2 aliphatic rings. The van der Waals surface area contributed by atoms with Crippen LogP contribution >= 0.6 is 11.6 Å². The third kappa shape index (κ3) is 2.91. The van der Waals surface area contributed by atoms with Crippen molar-refractivity contribution in [3.05, 3.63) is 29.3 Å². The molecule has 1 N–H and O–H groups in total. The maximum Gasteiger partial charge on any atom is 0.252 e. The van der Waals surface area contributed by atoms with Crippen molar-refractivity contribution in [2.24, 2.45) is 0 Å². The fourth-order valence-electron chi connectivity index (χ4n) is 3.25. The summed E-state index contributed by atoms with van der Waals surface area (Å²) in [5, 5.41) is 3.68. The molecule has 1 aromatic rings. The fourth-order valence-corrected chi connectivity index (χ4v) is 3.44. The molecular formula is C16H19ClN2O2. The second-order valence-electron chi connectivity index (χ2n) is 5.77. The number of likely N-dealkylation sites (tertiary alicyclic amines) is 1. The van der Waals surface area contributed by atoms with Crippen LogP contribution in [0.5, 0.6) is 0 Å². The Bertz CT molecular complexity index is 555. The molecule has 1 atom stereocenters. The van der Waals surface area contributed by atoms with E-state index in [4.69, 9.17) is 11.6 Å². The first-order valence-electron chi connectivity index (χ1n) is 7.54. The monoisotopic (exact) mass is 306 g/mol. The second-order valence-corrected chi connectivity index (χ2v) is 6.18. The number of amides is 2. The molecule has 1 saturated heterocycles. The van der Waals surface area contributed by atoms with E-state index in [1.165, 1.54) is 11.3 Å². The molecule has 0 radical (unpaired) electrons. The summed E-state index contributed by atoms with van der Waals surface area (Å²) in [6.07, 6.45) is 5.51. The summed E-state index contributed by atoms with van der Waals surface area (Å²) in [5.74, 6) is -0.164. The van der Waals surface area contributed by atoms with Gasteiger partial charge in [0.05, 0.1) is 17.1 Å². The number of carbonyl (C=O) groups excluding carboxylic acids is 2. The van der Waals surface area contributed by atoms with Crippen LogP contribution in [-0.2, 0) is 9.59 Å². The maximum absolute atomic E-state index is 12.5. The molecule has 0 spiro atoms. The van der Waals surface area contributed by atoms with Crippen LogP contribution in [0.1, 0.15) is 38.5 Å². The van der Waals surface area contributed by atoms with Gasteiger partial charge in [-0.3, -0.25) is 14.5 Å². The van der Waals surface area contributed by atoms with Crippen molar-refractivity contribution < 1.29 is 9.59 Å². The van der Waals surface area contributed by atoms with Gasteiger partial charge in [0.2, 0.25) is 5.91 Å². The van der Waals surface area contributed by atoms with E-state index >= 15 is 0 Å². The Morgan fingerprint density at radius 2 is 1.81 bits per heavy atom. The lowest BCUT2D eigenvalue weighted by atomic mass is 9.94. The lowest BCUT2D eigenvalue weighted by Gasteiger charge is -2.29. The smallest absolute Gasteiger partial charge is 0.252 e. The summed E-state index contributed by atoms with van der Waals surface area (Å²) in [6, 6.07) is 6.89. The highest BCUT2D eigenvalue weighted by Crippen LogP contribution is 2.29. The van der Waals surface area contributed by atoms with Crippen molar-refractivity contribution in [3.8, 4) is 0 Å². The van der Waals surface area contributed by atoms with E-state index in [1.54, 1.807) is 6.07 Å². The molecule has 1 aliphatic heterocycles. The molecule has 0 aromatic heterocycles. The lowest BCUT2D eigenvalue weighted by Crippen LogP contribution is -2.43. The van der Waals surface area contributed by atoms with E-state index in [0.717, 1.165) is 25.7 Å². The SMILES string of the molecule is O=C1CC(Nc2ccccc2Cl)C(=O)N1C1CCCCC1. The van der Waals surface area contributed by atoms with Gasteiger partial charge in [0, 0.05) is 6.04 Å². The number of nitrogens with zero attached hydrogens (tertiary/aromatic N) is 1. The van der Waals surface area contributed by atoms with E-state index in [0.29, 0.717) is 10.7 Å². The summed E-state index contributed by atoms with van der Waals surface area (Å²) in [4.78, 5) is 26.2. The third-order valence-electron chi connectivity index (χ3n) is 4.33. The number of anilines is 1. The number of imide groups is 1. The molecule has 1 saturated carbocycles. The van der Waals surface area contributed by atoms with Crippen molar-refractivity contribution >= 4 is 29.1 Å². The van der Waals surface area contributed by atoms with Gasteiger partial charge < -0.3 is 5.32 Å². The number of hydrogen-bond donors (Lipinski definition) is 1. The van der Waals surface area contributed by atoms with E-state index in [9.17, 15) is 9.59 Å². The minimum atomic E-state index is -0.487. The van der Waals surface area contributed by atoms with E-state index in [1.807, 2.05) is 18.2 Å². The van der Waals surface area contributed by atoms with Gasteiger partial charge in [-0.1, -0.05) is 43.0 Å². The first kappa shape index (κ1) is 14.4. The molecule has 1 aliphatic carbocycles. The number of halogens is 1. The van der Waals surface area contributed by atoms with Crippen LogP contribution in [-0.4, -0.2) is 28.8 Å². The largest absolute Gasteiger partial charge is 0.372 e. The zero-order valence-corrected chi connectivity index (χ0v) is 12.6. The topological polar surface area (TPSA) is 49.4 Å². The Labute approximate surface area is 129 Å². The molecule has 1 heterocycles. The standard InChI is InChI=1S/C16H19ClN2O2/c17-12-8-4-5-9-13(12)18-14-10-15(20)19(16(14)21)11-6-2-1-3-7-11/h4-5,8-9,11,14,18H,1-3,6-7,10H2. The number of nitrogens with one attached hydrogen (secondary N) is 1. The van der Waals surface area contributed by atoms with E-state index < -0.39 is 6.04 Å². The van der Waals surface area contributed by atoms with Crippen molar-refractivity contribution in [1.82, 2.24) is 4.90 Å². The van der Waals surface area contributed by atoms with Gasteiger partial charge in [-0.25, -0.2) is 0 Å². The Morgan fingerprint density at radius 1 is 1.10 bits per heavy atom. The highest BCUT2D eigenvalue weighted by Gasteiger charge is 2.42. The summed E-state index contributed by atoms with van der Waals surface area (Å²) in [7, 11) is 0. The van der Waals surface area contributed by atoms with Crippen LogP contribution < -0.4 is 5.32 Å². The third-order valence-corrected chi connectivity index (χ3v) is 4.66. The number of hydrogen-bond acceptors (Lipinski definition) is 3. The first-order chi connectivity index (χ1) is 10.2. The average molecular weight is 307 g/mol. The van der Waals surface area contributed by atoms with Gasteiger partial charge in [0.25, 0.3) is 5.91 Å². The number of para-hydroxylation sites is 1. The zero-order valence-electron chi connectivity index (χ0n) is 11.8. The highest BCUT2D eigenvalue weighted by atomic mass is 35.5. The minimum absolute atomic E-state index is 0.0588. The van der Waals surface area contributed by atoms with Gasteiger partial charge in [-0.15, -0.1) is 0 Å². The van der Waals surface area contributed by atoms with E-state index in [2.05, 4.69) is 5.32 Å². The van der Waals surface area contributed by atoms with Gasteiger partial charge in [-0.2, -0.15) is 0 Å². The van der Waals surface area contributed by atoms with Gasteiger partial charge in [-0.05, 0) is 25.0 Å². The molecular weight excluding hydrogens is 288 g/mol. The quantitative estimate of drug-likeness (QED) is 0.872. The molecule has 0 bridgehead atoms. The molecule has 4 nitrogen and oxygen atoms in total. The molecule has 2 amide bonds. The number of rotatable bonds is 3. The number of benzene rings is 1. The maximum atomic E-state index is 12.5. The van der Waals surface area contributed by atoms with Crippen LogP contribution in [0.15, 0.2) is 24.3 Å². The van der Waals surface area contributed by atoms with Crippen molar-refractivity contribution in [3.63, 3.8) is 0 Å². The predicted molar refractivity (Wildman–Crippen MR) is 82.2 cm³/mol. The Morgan fingerprint density at radius 3 is 2.52 bits per heavy atom. The van der Waals surface area contributed by atoms with Crippen LogP contribution in [0, 0.1) is 0 Å². The van der Waals surface area contributed by atoms with Crippen LogP contribution in [0.25, 0.3) is 0 Å². The average Bonchev–Trinajstić information content (AvgIpc) is 2.77. The molecule has 112 valence electrons. The normalized spacial score (nSPS) is 23.7. The van der Waals surface area contributed by atoms with Crippen molar-refractivity contribution in [1.29, 1.82) is 0 Å². The minimum Gasteiger partial charge on any atom is -0.372 e. The van der Waals surface area contributed by atoms with Crippen molar-refractivity contribution in [2.45, 2.75) is 50.6 Å². The first-order valence-corrected chi connectivity index (χ1v) is 7.91. The lowest BCUT2D eigenvalue weighted by molar-refractivity contribution is -0.141. The number of carbonyl (C=O) groups is 2. The molecule has 3 rings (SSSR count). The Kier molecular flexibility index (Phi) is 4.15. The van der Waals surface area contributed by atoms with Crippen LogP contribution in [0.3, 0.4) is 0 Å². The Balaban J connectivity index is 1.72.